The third kappa shape index (κ3) is 3.78. The van der Waals surface area contributed by atoms with E-state index >= 15 is 0 Å². The Morgan fingerprint density at radius 3 is 2.91 bits per heavy atom. The van der Waals surface area contributed by atoms with Crippen molar-refractivity contribution in [1.82, 2.24) is 30.3 Å². The summed E-state index contributed by atoms with van der Waals surface area (Å²) in [5.74, 6) is 0.649. The van der Waals surface area contributed by atoms with Crippen LogP contribution in [0.1, 0.15) is 35.7 Å². The topological polar surface area (TPSA) is 88.8 Å². The minimum Gasteiger partial charge on any atom is -0.315 e. The van der Waals surface area contributed by atoms with Crippen LogP contribution >= 0.6 is 11.3 Å². The van der Waals surface area contributed by atoms with Crippen molar-refractivity contribution in [2.45, 2.75) is 39.3 Å². The zero-order valence-electron chi connectivity index (χ0n) is 18.2. The summed E-state index contributed by atoms with van der Waals surface area (Å²) in [5.41, 5.74) is 3.07. The quantitative estimate of drug-likeness (QED) is 0.502. The molecule has 5 rings (SSSR count). The standard InChI is InChI=1S/C23H25N7OS/c1-3-29-13-19(27-28-29)18-7-6-16(11-26-18)23(31)30(17-5-4-9-24-12-17)22-21-15(2)14-32-20(21)8-10-25-22/h6-8,10-11,13-14,17,24H,3-5,9,12H2,1-2H3/t17-/m1/s1. The molecule has 1 saturated heterocycles. The van der Waals surface area contributed by atoms with Gasteiger partial charge in [-0.25, -0.2) is 4.98 Å². The fourth-order valence-corrected chi connectivity index (χ4v) is 5.10. The smallest absolute Gasteiger partial charge is 0.261 e. The molecule has 1 aliphatic heterocycles. The maximum absolute atomic E-state index is 13.8. The van der Waals surface area contributed by atoms with E-state index in [0.29, 0.717) is 17.0 Å². The van der Waals surface area contributed by atoms with Crippen LogP contribution in [0.5, 0.6) is 0 Å². The van der Waals surface area contributed by atoms with Crippen molar-refractivity contribution in [1.29, 1.82) is 0 Å². The van der Waals surface area contributed by atoms with Gasteiger partial charge in [0.2, 0.25) is 0 Å². The highest BCUT2D eigenvalue weighted by atomic mass is 32.1. The molecule has 0 aromatic carbocycles. The van der Waals surface area contributed by atoms with Crippen LogP contribution in [-0.2, 0) is 6.54 Å². The van der Waals surface area contributed by atoms with E-state index in [4.69, 9.17) is 0 Å². The molecule has 4 aromatic rings. The Morgan fingerprint density at radius 2 is 2.19 bits per heavy atom. The van der Waals surface area contributed by atoms with Crippen LogP contribution in [0.2, 0.25) is 0 Å². The summed E-state index contributed by atoms with van der Waals surface area (Å²) in [6.45, 7) is 6.55. The second kappa shape index (κ2) is 8.76. The molecule has 1 atom stereocenters. The van der Waals surface area contributed by atoms with Crippen molar-refractivity contribution in [3.8, 4) is 11.4 Å². The molecule has 1 aliphatic rings. The van der Waals surface area contributed by atoms with Crippen LogP contribution in [0.3, 0.4) is 0 Å². The third-order valence-electron chi connectivity index (χ3n) is 5.87. The summed E-state index contributed by atoms with van der Waals surface area (Å²) >= 11 is 1.68. The Bertz CT molecular complexity index is 1240. The number of fused-ring (bicyclic) bond motifs is 1. The van der Waals surface area contributed by atoms with Gasteiger partial charge in [-0.15, -0.1) is 16.4 Å². The van der Waals surface area contributed by atoms with Crippen molar-refractivity contribution in [2.24, 2.45) is 0 Å². The van der Waals surface area contributed by atoms with Crippen LogP contribution in [-0.4, -0.2) is 50.0 Å². The van der Waals surface area contributed by atoms with Crippen molar-refractivity contribution in [3.05, 3.63) is 53.3 Å². The van der Waals surface area contributed by atoms with Gasteiger partial charge >= 0.3 is 0 Å². The van der Waals surface area contributed by atoms with Crippen LogP contribution in [0.25, 0.3) is 21.5 Å². The van der Waals surface area contributed by atoms with Gasteiger partial charge in [0.1, 0.15) is 11.5 Å². The molecular weight excluding hydrogens is 422 g/mol. The molecule has 4 aromatic heterocycles. The van der Waals surface area contributed by atoms with Gasteiger partial charge in [0.15, 0.2) is 0 Å². The summed E-state index contributed by atoms with van der Waals surface area (Å²) in [7, 11) is 0. The molecule has 32 heavy (non-hydrogen) atoms. The average molecular weight is 448 g/mol. The van der Waals surface area contributed by atoms with Gasteiger partial charge in [-0.3, -0.25) is 19.4 Å². The maximum Gasteiger partial charge on any atom is 0.261 e. The number of pyridine rings is 2. The summed E-state index contributed by atoms with van der Waals surface area (Å²) in [5, 5.41) is 14.8. The van der Waals surface area contributed by atoms with Crippen LogP contribution in [0, 0.1) is 6.92 Å². The molecule has 9 heteroatoms. The maximum atomic E-state index is 13.8. The number of anilines is 1. The molecule has 0 radical (unpaired) electrons. The lowest BCUT2D eigenvalue weighted by Crippen LogP contribution is -2.49. The van der Waals surface area contributed by atoms with E-state index in [0.717, 1.165) is 53.9 Å². The molecule has 0 saturated carbocycles. The highest BCUT2D eigenvalue weighted by Gasteiger charge is 2.30. The lowest BCUT2D eigenvalue weighted by molar-refractivity contribution is 0.0971. The van der Waals surface area contributed by atoms with Gasteiger partial charge in [0, 0.05) is 35.6 Å². The lowest BCUT2D eigenvalue weighted by Gasteiger charge is -2.34. The molecule has 0 bridgehead atoms. The van der Waals surface area contributed by atoms with E-state index in [2.05, 4.69) is 37.9 Å². The van der Waals surface area contributed by atoms with Gasteiger partial charge in [-0.2, -0.15) is 0 Å². The molecule has 8 nitrogen and oxygen atoms in total. The Hall–Kier alpha value is -3.17. The van der Waals surface area contributed by atoms with Gasteiger partial charge in [0.25, 0.3) is 5.91 Å². The number of carbonyl (C=O) groups excluding carboxylic acids is 1. The summed E-state index contributed by atoms with van der Waals surface area (Å²) in [6.07, 6.45) is 7.24. The fraction of sp³-hybridized carbons (Fsp3) is 0.348. The number of aryl methyl sites for hydroxylation is 2. The number of rotatable bonds is 5. The fourth-order valence-electron chi connectivity index (χ4n) is 4.17. The number of hydrogen-bond donors (Lipinski definition) is 1. The van der Waals surface area contributed by atoms with Gasteiger partial charge < -0.3 is 5.32 Å². The minimum atomic E-state index is -0.0828. The number of hydrogen-bond acceptors (Lipinski definition) is 7. The summed E-state index contributed by atoms with van der Waals surface area (Å²) < 4.78 is 2.89. The van der Waals surface area contributed by atoms with E-state index < -0.39 is 0 Å². The first-order valence-electron chi connectivity index (χ1n) is 10.9. The molecule has 1 amide bonds. The van der Waals surface area contributed by atoms with E-state index in [-0.39, 0.29) is 11.9 Å². The van der Waals surface area contributed by atoms with E-state index in [1.807, 2.05) is 36.2 Å². The van der Waals surface area contributed by atoms with Gasteiger partial charge in [0.05, 0.1) is 23.5 Å². The van der Waals surface area contributed by atoms with E-state index in [9.17, 15) is 4.79 Å². The average Bonchev–Trinajstić information content (AvgIpc) is 3.47. The normalized spacial score (nSPS) is 16.4. The number of amides is 1. The van der Waals surface area contributed by atoms with Gasteiger partial charge in [-0.05, 0) is 62.4 Å². The van der Waals surface area contributed by atoms with Crippen LogP contribution < -0.4 is 10.2 Å². The molecule has 0 aliphatic carbocycles. The van der Waals surface area contributed by atoms with Crippen molar-refractivity contribution >= 4 is 33.1 Å². The summed E-state index contributed by atoms with van der Waals surface area (Å²) in [4.78, 5) is 24.9. The molecule has 0 spiro atoms. The summed E-state index contributed by atoms with van der Waals surface area (Å²) in [6, 6.07) is 5.70. The third-order valence-corrected chi connectivity index (χ3v) is 6.93. The Labute approximate surface area is 190 Å². The van der Waals surface area contributed by atoms with Crippen molar-refractivity contribution in [2.75, 3.05) is 18.0 Å². The number of thiophene rings is 1. The zero-order chi connectivity index (χ0) is 22.1. The monoisotopic (exact) mass is 447 g/mol. The first-order chi connectivity index (χ1) is 15.7. The number of carbonyl (C=O) groups is 1. The minimum absolute atomic E-state index is 0.0396. The van der Waals surface area contributed by atoms with Crippen LogP contribution in [0.4, 0.5) is 5.82 Å². The van der Waals surface area contributed by atoms with Crippen molar-refractivity contribution in [3.63, 3.8) is 0 Å². The molecule has 164 valence electrons. The largest absolute Gasteiger partial charge is 0.315 e. The molecule has 0 unspecified atom stereocenters. The molecule has 1 fully saturated rings. The first-order valence-corrected chi connectivity index (χ1v) is 11.8. The number of piperidine rings is 1. The Morgan fingerprint density at radius 1 is 1.28 bits per heavy atom. The zero-order valence-corrected chi connectivity index (χ0v) is 19.0. The van der Waals surface area contributed by atoms with Crippen LogP contribution in [0.15, 0.2) is 42.2 Å². The lowest BCUT2D eigenvalue weighted by atomic mass is 10.0. The second-order valence-corrected chi connectivity index (χ2v) is 8.90. The van der Waals surface area contributed by atoms with Gasteiger partial charge in [-0.1, -0.05) is 5.21 Å². The Kier molecular flexibility index (Phi) is 5.67. The highest BCUT2D eigenvalue weighted by Crippen LogP contribution is 2.34. The SMILES string of the molecule is CCn1cc(-c2ccc(C(=O)N(c3nccc4scc(C)c34)[C@@H]3CCCNC3)cn2)nn1. The Balaban J connectivity index is 1.52. The van der Waals surface area contributed by atoms with E-state index in [1.165, 1.54) is 0 Å². The predicted molar refractivity (Wildman–Crippen MR) is 126 cm³/mol. The molecule has 1 N–H and O–H groups in total. The second-order valence-electron chi connectivity index (χ2n) is 7.99. The number of nitrogens with zero attached hydrogens (tertiary/aromatic N) is 6. The molecule has 5 heterocycles. The van der Waals surface area contributed by atoms with Crippen molar-refractivity contribution < 1.29 is 4.79 Å². The predicted octanol–water partition coefficient (Wildman–Crippen LogP) is 3.68. The highest BCUT2D eigenvalue weighted by molar-refractivity contribution is 7.17. The number of nitrogens with one attached hydrogen (secondary N) is 1. The molecular formula is C23H25N7OS. The first kappa shape index (κ1) is 20.7. The van der Waals surface area contributed by atoms with E-state index in [1.54, 1.807) is 28.4 Å². The number of aromatic nitrogens is 5.